The van der Waals surface area contributed by atoms with E-state index in [0.29, 0.717) is 18.4 Å². The average Bonchev–Trinajstić information content (AvgIpc) is 2.46. The Labute approximate surface area is 124 Å². The lowest BCUT2D eigenvalue weighted by Gasteiger charge is -2.35. The van der Waals surface area contributed by atoms with Crippen LogP contribution < -0.4 is 0 Å². The molecule has 1 aromatic rings. The summed E-state index contributed by atoms with van der Waals surface area (Å²) in [5.74, 6) is 0.312. The lowest BCUT2D eigenvalue weighted by atomic mass is 10.0. The Kier molecular flexibility index (Phi) is 5.44. The third-order valence-electron chi connectivity index (χ3n) is 4.00. The van der Waals surface area contributed by atoms with Crippen molar-refractivity contribution in [3.63, 3.8) is 0 Å². The van der Waals surface area contributed by atoms with Gasteiger partial charge in [0, 0.05) is 24.3 Å². The quantitative estimate of drug-likeness (QED) is 0.773. The smallest absolute Gasteiger partial charge is 0.223 e. The van der Waals surface area contributed by atoms with Crippen LogP contribution in [-0.4, -0.2) is 28.7 Å². The second kappa shape index (κ2) is 7.09. The molecule has 19 heavy (non-hydrogen) atoms. The molecule has 104 valence electrons. The standard InChI is InChI=1S/C16H22BrNO/c1-13-6-2-3-7-14(13)9-10-16(19)18-11-5-4-8-15(18)12-17/h2-3,6-7,15H,4-5,8-12H2,1H3. The summed E-state index contributed by atoms with van der Waals surface area (Å²) in [5.41, 5.74) is 2.58. The molecule has 1 fully saturated rings. The highest BCUT2D eigenvalue weighted by Gasteiger charge is 2.25. The molecule has 1 amide bonds. The van der Waals surface area contributed by atoms with Crippen LogP contribution in [0.25, 0.3) is 0 Å². The molecule has 0 N–H and O–H groups in total. The van der Waals surface area contributed by atoms with Crippen molar-refractivity contribution >= 4 is 21.8 Å². The third kappa shape index (κ3) is 3.82. The number of nitrogens with zero attached hydrogens (tertiary/aromatic N) is 1. The van der Waals surface area contributed by atoms with E-state index in [-0.39, 0.29) is 0 Å². The zero-order valence-corrected chi connectivity index (χ0v) is 13.2. The van der Waals surface area contributed by atoms with Gasteiger partial charge in [-0.3, -0.25) is 4.79 Å². The third-order valence-corrected chi connectivity index (χ3v) is 4.74. The highest BCUT2D eigenvalue weighted by Crippen LogP contribution is 2.20. The first-order valence-corrected chi connectivity index (χ1v) is 8.24. The largest absolute Gasteiger partial charge is 0.339 e. The maximum Gasteiger partial charge on any atom is 0.223 e. The van der Waals surface area contributed by atoms with Crippen molar-refractivity contribution in [2.24, 2.45) is 0 Å². The number of hydrogen-bond donors (Lipinski definition) is 0. The molecule has 1 unspecified atom stereocenters. The minimum atomic E-state index is 0.312. The SMILES string of the molecule is Cc1ccccc1CCC(=O)N1CCCCC1CBr. The number of benzene rings is 1. The second-order valence-electron chi connectivity index (χ2n) is 5.32. The van der Waals surface area contributed by atoms with Gasteiger partial charge in [-0.25, -0.2) is 0 Å². The lowest BCUT2D eigenvalue weighted by molar-refractivity contribution is -0.134. The molecule has 1 heterocycles. The van der Waals surface area contributed by atoms with Crippen LogP contribution in [-0.2, 0) is 11.2 Å². The summed E-state index contributed by atoms with van der Waals surface area (Å²) in [6, 6.07) is 8.74. The van der Waals surface area contributed by atoms with E-state index < -0.39 is 0 Å². The van der Waals surface area contributed by atoms with Crippen molar-refractivity contribution in [1.29, 1.82) is 0 Å². The van der Waals surface area contributed by atoms with Gasteiger partial charge in [-0.15, -0.1) is 0 Å². The van der Waals surface area contributed by atoms with E-state index in [1.165, 1.54) is 17.5 Å². The Morgan fingerprint density at radius 1 is 1.37 bits per heavy atom. The Hall–Kier alpha value is -0.830. The van der Waals surface area contributed by atoms with E-state index in [9.17, 15) is 4.79 Å². The van der Waals surface area contributed by atoms with Gasteiger partial charge in [0.05, 0.1) is 0 Å². The molecule has 1 aliphatic rings. The Balaban J connectivity index is 1.92. The summed E-state index contributed by atoms with van der Waals surface area (Å²) in [5, 5.41) is 0.906. The zero-order valence-electron chi connectivity index (χ0n) is 11.6. The summed E-state index contributed by atoms with van der Waals surface area (Å²) in [6.45, 7) is 3.05. The second-order valence-corrected chi connectivity index (χ2v) is 5.97. The molecule has 0 bridgehead atoms. The number of hydrogen-bond acceptors (Lipinski definition) is 1. The number of carbonyl (C=O) groups excluding carboxylic acids is 1. The summed E-state index contributed by atoms with van der Waals surface area (Å²) < 4.78 is 0. The van der Waals surface area contributed by atoms with Crippen LogP contribution in [0.5, 0.6) is 0 Å². The molecule has 0 saturated carbocycles. The molecule has 0 aliphatic carbocycles. The molecular weight excluding hydrogens is 302 g/mol. The summed E-state index contributed by atoms with van der Waals surface area (Å²) in [4.78, 5) is 14.4. The number of rotatable bonds is 4. The minimum absolute atomic E-state index is 0.312. The molecule has 1 saturated heterocycles. The predicted molar refractivity (Wildman–Crippen MR) is 82.6 cm³/mol. The lowest BCUT2D eigenvalue weighted by Crippen LogP contribution is -2.44. The number of likely N-dealkylation sites (tertiary alicyclic amines) is 1. The van der Waals surface area contributed by atoms with E-state index in [1.807, 2.05) is 6.07 Å². The highest BCUT2D eigenvalue weighted by molar-refractivity contribution is 9.09. The van der Waals surface area contributed by atoms with Crippen molar-refractivity contribution in [3.8, 4) is 0 Å². The van der Waals surface area contributed by atoms with E-state index in [4.69, 9.17) is 0 Å². The zero-order chi connectivity index (χ0) is 13.7. The van der Waals surface area contributed by atoms with Crippen molar-refractivity contribution < 1.29 is 4.79 Å². The normalized spacial score (nSPS) is 19.5. The maximum atomic E-state index is 12.4. The Morgan fingerprint density at radius 2 is 2.16 bits per heavy atom. The van der Waals surface area contributed by atoms with Crippen LogP contribution in [0.4, 0.5) is 0 Å². The highest BCUT2D eigenvalue weighted by atomic mass is 79.9. The van der Waals surface area contributed by atoms with Crippen LogP contribution in [0, 0.1) is 6.92 Å². The van der Waals surface area contributed by atoms with Gasteiger partial charge in [0.15, 0.2) is 0 Å². The summed E-state index contributed by atoms with van der Waals surface area (Å²) in [6.07, 6.45) is 5.03. The predicted octanol–water partition coefficient (Wildman–Crippen LogP) is 3.70. The summed E-state index contributed by atoms with van der Waals surface area (Å²) in [7, 11) is 0. The fraction of sp³-hybridized carbons (Fsp3) is 0.562. The number of halogens is 1. The molecule has 0 spiro atoms. The molecular formula is C16H22BrNO. The monoisotopic (exact) mass is 323 g/mol. The van der Waals surface area contributed by atoms with E-state index in [1.54, 1.807) is 0 Å². The first-order valence-electron chi connectivity index (χ1n) is 7.12. The van der Waals surface area contributed by atoms with Gasteiger partial charge < -0.3 is 4.90 Å². The fourth-order valence-corrected chi connectivity index (χ4v) is 3.44. The minimum Gasteiger partial charge on any atom is -0.339 e. The van der Waals surface area contributed by atoms with E-state index >= 15 is 0 Å². The van der Waals surface area contributed by atoms with Crippen LogP contribution in [0.1, 0.15) is 36.8 Å². The van der Waals surface area contributed by atoms with Crippen LogP contribution >= 0.6 is 15.9 Å². The molecule has 1 atom stereocenters. The maximum absolute atomic E-state index is 12.4. The molecule has 2 rings (SSSR count). The van der Waals surface area contributed by atoms with Gasteiger partial charge in [0.1, 0.15) is 0 Å². The number of amides is 1. The topological polar surface area (TPSA) is 20.3 Å². The molecule has 3 heteroatoms. The number of aryl methyl sites for hydroxylation is 2. The molecule has 0 aromatic heterocycles. The molecule has 2 nitrogen and oxygen atoms in total. The number of piperidine rings is 1. The van der Waals surface area contributed by atoms with Crippen LogP contribution in [0.3, 0.4) is 0 Å². The fourth-order valence-electron chi connectivity index (χ4n) is 2.77. The van der Waals surface area contributed by atoms with E-state index in [2.05, 4.69) is 46.0 Å². The molecule has 0 radical (unpaired) electrons. The van der Waals surface area contributed by atoms with Gasteiger partial charge in [-0.2, -0.15) is 0 Å². The van der Waals surface area contributed by atoms with Gasteiger partial charge in [0.25, 0.3) is 0 Å². The van der Waals surface area contributed by atoms with Gasteiger partial charge in [0.2, 0.25) is 5.91 Å². The van der Waals surface area contributed by atoms with Crippen LogP contribution in [0.2, 0.25) is 0 Å². The Bertz CT molecular complexity index is 433. The Morgan fingerprint density at radius 3 is 2.89 bits per heavy atom. The van der Waals surface area contributed by atoms with Gasteiger partial charge in [-0.05, 0) is 43.7 Å². The average molecular weight is 324 g/mol. The number of carbonyl (C=O) groups is 1. The first-order chi connectivity index (χ1) is 9.22. The van der Waals surface area contributed by atoms with Crippen molar-refractivity contribution in [3.05, 3.63) is 35.4 Å². The number of alkyl halides is 1. The van der Waals surface area contributed by atoms with Gasteiger partial charge in [-0.1, -0.05) is 40.2 Å². The molecule has 1 aromatic carbocycles. The van der Waals surface area contributed by atoms with Crippen molar-refractivity contribution in [2.75, 3.05) is 11.9 Å². The molecule has 1 aliphatic heterocycles. The van der Waals surface area contributed by atoms with Crippen molar-refractivity contribution in [1.82, 2.24) is 4.90 Å². The van der Waals surface area contributed by atoms with Gasteiger partial charge >= 0.3 is 0 Å². The van der Waals surface area contributed by atoms with Crippen LogP contribution in [0.15, 0.2) is 24.3 Å². The first kappa shape index (κ1) is 14.6. The summed E-state index contributed by atoms with van der Waals surface area (Å²) >= 11 is 3.53. The van der Waals surface area contributed by atoms with Crippen molar-refractivity contribution in [2.45, 2.75) is 45.1 Å². The van der Waals surface area contributed by atoms with E-state index in [0.717, 1.165) is 31.1 Å².